The molecule has 0 bridgehead atoms. The van der Waals surface area contributed by atoms with E-state index in [4.69, 9.17) is 20.3 Å². The first kappa shape index (κ1) is 22.0. The predicted molar refractivity (Wildman–Crippen MR) is 99.8 cm³/mol. The maximum Gasteiger partial charge on any atom is 0.469 e. The number of nitrogens with zero attached hydrogens (tertiary/aromatic N) is 4. The zero-order valence-corrected chi connectivity index (χ0v) is 16.4. The second-order valence-corrected chi connectivity index (χ2v) is 7.52. The number of nitrogens with two attached hydrogens (primary N) is 1. The number of H-pyrrole nitrogens is 2. The van der Waals surface area contributed by atoms with Gasteiger partial charge < -0.3 is 35.5 Å². The monoisotopic (exact) mass is 445 g/mol. The first-order valence-corrected chi connectivity index (χ1v) is 10.00. The third kappa shape index (κ3) is 4.91. The van der Waals surface area contributed by atoms with E-state index in [1.165, 1.54) is 10.9 Å². The summed E-state index contributed by atoms with van der Waals surface area (Å²) in [7, 11) is -4.76. The Morgan fingerprint density at radius 1 is 1.33 bits per heavy atom. The number of aryl methyl sites for hydroxylation is 1. The molecule has 0 saturated carbocycles. The molecule has 0 unspecified atom stereocenters. The highest BCUT2D eigenvalue weighted by atomic mass is 31.2. The quantitative estimate of drug-likeness (QED) is 0.219. The van der Waals surface area contributed by atoms with E-state index in [1.807, 2.05) is 6.92 Å². The van der Waals surface area contributed by atoms with E-state index in [0.29, 0.717) is 0 Å². The fourth-order valence-electron chi connectivity index (χ4n) is 2.74. The molecular formula is C14H20N7O8P. The molecule has 0 spiro atoms. The molecule has 0 amide bonds. The van der Waals surface area contributed by atoms with Crippen LogP contribution in [0, 0.1) is 6.92 Å². The van der Waals surface area contributed by atoms with Gasteiger partial charge in [-0.05, 0) is 6.92 Å². The van der Waals surface area contributed by atoms with Crippen molar-refractivity contribution >= 4 is 24.9 Å². The van der Waals surface area contributed by atoms with Crippen LogP contribution in [0.25, 0.3) is 11.2 Å². The number of nitrogens with one attached hydrogen (secondary N) is 2. The van der Waals surface area contributed by atoms with Crippen molar-refractivity contribution < 1.29 is 33.8 Å². The highest BCUT2D eigenvalue weighted by Gasteiger charge is 2.45. The van der Waals surface area contributed by atoms with E-state index in [-0.39, 0.29) is 17.1 Å². The maximum absolute atomic E-state index is 11.7. The standard InChI is InChI=1S/C10H14N5O8P.C4H6N2/c11-10-13-7-4(8(18)14-10)12-2-15(7)9-6(17)5(16)3(23-9)1-22-24(19,20)21;1-4-5-2-3-6-4/h2-3,5-6,9,16-17H,1H2,(H2,19,20,21)(H3,11,13,14,18);2-3H,1H3,(H,5,6)/t3-,5-,6-,9-;/m1./s1. The van der Waals surface area contributed by atoms with Gasteiger partial charge in [0.05, 0.1) is 12.9 Å². The van der Waals surface area contributed by atoms with Crippen LogP contribution in [0.3, 0.4) is 0 Å². The van der Waals surface area contributed by atoms with Gasteiger partial charge in [-0.15, -0.1) is 0 Å². The third-order valence-corrected chi connectivity index (χ3v) is 4.59. The van der Waals surface area contributed by atoms with Crippen molar-refractivity contribution in [3.8, 4) is 0 Å². The summed E-state index contributed by atoms with van der Waals surface area (Å²) in [5, 5.41) is 20.1. The van der Waals surface area contributed by atoms with Crippen LogP contribution in [0.15, 0.2) is 23.5 Å². The van der Waals surface area contributed by atoms with Crippen LogP contribution in [0.5, 0.6) is 0 Å². The lowest BCUT2D eigenvalue weighted by Gasteiger charge is -2.16. The Labute approximate surface area is 167 Å². The number of hydrogen-bond acceptors (Lipinski definition) is 10. The molecule has 4 atom stereocenters. The molecule has 1 saturated heterocycles. The van der Waals surface area contributed by atoms with E-state index < -0.39 is 44.5 Å². The lowest BCUT2D eigenvalue weighted by atomic mass is 10.1. The normalized spacial score (nSPS) is 24.0. The van der Waals surface area contributed by atoms with Crippen LogP contribution in [0.1, 0.15) is 12.1 Å². The molecule has 8 N–H and O–H groups in total. The van der Waals surface area contributed by atoms with Crippen LogP contribution in [0.4, 0.5) is 5.95 Å². The van der Waals surface area contributed by atoms with Crippen LogP contribution in [-0.4, -0.2) is 74.4 Å². The number of nitrogen functional groups attached to an aromatic ring is 1. The minimum Gasteiger partial charge on any atom is -0.387 e. The van der Waals surface area contributed by atoms with Gasteiger partial charge in [-0.2, -0.15) is 4.98 Å². The predicted octanol–water partition coefficient (Wildman–Crippen LogP) is -1.85. The van der Waals surface area contributed by atoms with E-state index in [2.05, 4.69) is 29.4 Å². The Balaban J connectivity index is 0.000000367. The molecule has 1 aliphatic heterocycles. The minimum atomic E-state index is -4.76. The number of anilines is 1. The van der Waals surface area contributed by atoms with Gasteiger partial charge in [0, 0.05) is 12.4 Å². The topological polar surface area (TPSA) is 235 Å². The fourth-order valence-corrected chi connectivity index (χ4v) is 3.08. The molecule has 0 aliphatic carbocycles. The van der Waals surface area contributed by atoms with Crippen molar-refractivity contribution in [1.82, 2.24) is 29.5 Å². The van der Waals surface area contributed by atoms with Crippen LogP contribution in [-0.2, 0) is 13.8 Å². The second kappa shape index (κ2) is 8.61. The van der Waals surface area contributed by atoms with Gasteiger partial charge in [0.1, 0.15) is 24.1 Å². The number of aliphatic hydroxyl groups is 2. The maximum atomic E-state index is 11.7. The molecule has 1 aliphatic rings. The van der Waals surface area contributed by atoms with Gasteiger partial charge in [0.15, 0.2) is 17.4 Å². The van der Waals surface area contributed by atoms with Gasteiger partial charge in [-0.25, -0.2) is 14.5 Å². The summed E-state index contributed by atoms with van der Waals surface area (Å²) in [5.74, 6) is 0.790. The summed E-state index contributed by atoms with van der Waals surface area (Å²) in [6, 6.07) is 0. The van der Waals surface area contributed by atoms with Gasteiger partial charge in [-0.3, -0.25) is 18.9 Å². The van der Waals surface area contributed by atoms with Crippen LogP contribution in [0.2, 0.25) is 0 Å². The molecule has 16 heteroatoms. The largest absolute Gasteiger partial charge is 0.469 e. The van der Waals surface area contributed by atoms with E-state index in [1.54, 1.807) is 12.4 Å². The number of rotatable bonds is 4. The Bertz CT molecular complexity index is 1090. The Kier molecular flexibility index (Phi) is 6.33. The number of aliphatic hydroxyl groups excluding tert-OH is 2. The van der Waals surface area contributed by atoms with Crippen molar-refractivity contribution in [2.45, 2.75) is 31.5 Å². The Hall–Kier alpha value is -2.65. The third-order valence-electron chi connectivity index (χ3n) is 4.10. The molecule has 0 aromatic carbocycles. The average Bonchev–Trinajstić information content (AvgIpc) is 3.35. The lowest BCUT2D eigenvalue weighted by molar-refractivity contribution is -0.0503. The summed E-state index contributed by atoms with van der Waals surface area (Å²) in [5.41, 5.74) is 4.84. The fraction of sp³-hybridized carbons (Fsp3) is 0.429. The second-order valence-electron chi connectivity index (χ2n) is 6.28. The number of ether oxygens (including phenoxy) is 1. The number of aromatic nitrogens is 6. The van der Waals surface area contributed by atoms with E-state index >= 15 is 0 Å². The summed E-state index contributed by atoms with van der Waals surface area (Å²) >= 11 is 0. The van der Waals surface area contributed by atoms with Crippen molar-refractivity contribution in [2.75, 3.05) is 12.3 Å². The van der Waals surface area contributed by atoms with Gasteiger partial charge in [0.25, 0.3) is 5.56 Å². The number of hydrogen-bond donors (Lipinski definition) is 7. The number of phosphoric ester groups is 1. The number of imidazole rings is 2. The van der Waals surface area contributed by atoms with E-state index in [0.717, 1.165) is 5.82 Å². The number of phosphoric acid groups is 1. The highest BCUT2D eigenvalue weighted by Crippen LogP contribution is 2.38. The molecule has 0 radical (unpaired) electrons. The number of aromatic amines is 2. The summed E-state index contributed by atoms with van der Waals surface area (Å²) in [4.78, 5) is 45.9. The first-order chi connectivity index (χ1) is 14.1. The molecule has 4 heterocycles. The molecular weight excluding hydrogens is 425 g/mol. The molecule has 1 fully saturated rings. The smallest absolute Gasteiger partial charge is 0.387 e. The average molecular weight is 445 g/mol. The minimum absolute atomic E-state index is 0.0176. The molecule has 3 aromatic rings. The lowest BCUT2D eigenvalue weighted by Crippen LogP contribution is -2.33. The van der Waals surface area contributed by atoms with Crippen molar-refractivity contribution in [3.05, 3.63) is 34.9 Å². The van der Waals surface area contributed by atoms with Crippen molar-refractivity contribution in [3.63, 3.8) is 0 Å². The summed E-state index contributed by atoms with van der Waals surface area (Å²) in [6.07, 6.45) is -0.684. The van der Waals surface area contributed by atoms with E-state index in [9.17, 15) is 19.6 Å². The Morgan fingerprint density at radius 2 is 2.07 bits per heavy atom. The zero-order chi connectivity index (χ0) is 22.1. The van der Waals surface area contributed by atoms with Gasteiger partial charge in [-0.1, -0.05) is 0 Å². The Morgan fingerprint density at radius 3 is 2.63 bits per heavy atom. The zero-order valence-electron chi connectivity index (χ0n) is 15.5. The summed E-state index contributed by atoms with van der Waals surface area (Å²) < 4.78 is 21.6. The van der Waals surface area contributed by atoms with Crippen molar-refractivity contribution in [1.29, 1.82) is 0 Å². The van der Waals surface area contributed by atoms with Gasteiger partial charge >= 0.3 is 7.82 Å². The van der Waals surface area contributed by atoms with Crippen molar-refractivity contribution in [2.24, 2.45) is 0 Å². The molecule has 30 heavy (non-hydrogen) atoms. The highest BCUT2D eigenvalue weighted by molar-refractivity contribution is 7.46. The van der Waals surface area contributed by atoms with Crippen LogP contribution >= 0.6 is 7.82 Å². The van der Waals surface area contributed by atoms with Crippen LogP contribution < -0.4 is 11.3 Å². The molecule has 164 valence electrons. The van der Waals surface area contributed by atoms with Gasteiger partial charge in [0.2, 0.25) is 5.95 Å². The molecule has 3 aromatic heterocycles. The molecule has 15 nitrogen and oxygen atoms in total. The summed E-state index contributed by atoms with van der Waals surface area (Å²) in [6.45, 7) is 1.27. The molecule has 4 rings (SSSR count). The number of fused-ring (bicyclic) bond motifs is 1. The first-order valence-electron chi connectivity index (χ1n) is 8.47. The SMILES string of the molecule is Cc1ncc[nH]1.Nc1nc2c(ncn2[C@@H]2O[C@H](COP(=O)(O)O)[C@@H](O)[C@H]2O)c(=O)[nH]1.